The van der Waals surface area contributed by atoms with E-state index in [0.29, 0.717) is 22.3 Å². The number of benzene rings is 2. The molecule has 4 aromatic rings. The third kappa shape index (κ3) is 3.96. The van der Waals surface area contributed by atoms with Crippen LogP contribution in [-0.4, -0.2) is 38.8 Å². The van der Waals surface area contributed by atoms with E-state index in [1.54, 1.807) is 0 Å². The van der Waals surface area contributed by atoms with Gasteiger partial charge < -0.3 is 9.32 Å². The van der Waals surface area contributed by atoms with Crippen LogP contribution >= 0.6 is 11.8 Å². The number of carbonyl (C=O) groups excluding carboxylic acids is 1. The van der Waals surface area contributed by atoms with Crippen LogP contribution in [0.2, 0.25) is 0 Å². The maximum atomic E-state index is 12.8. The Bertz CT molecular complexity index is 1400. The first-order valence-corrected chi connectivity index (χ1v) is 12.4. The number of thioether (sulfide) groups is 1. The van der Waals surface area contributed by atoms with E-state index >= 15 is 0 Å². The normalized spacial score (nSPS) is 19.9. The number of carbonyl (C=O) groups is 1. The molecule has 2 aliphatic rings. The number of amidine groups is 1. The number of nitrogens with zero attached hydrogens (tertiary/aromatic N) is 4. The van der Waals surface area contributed by atoms with E-state index in [2.05, 4.69) is 16.8 Å². The molecule has 1 saturated heterocycles. The Morgan fingerprint density at radius 2 is 1.94 bits per heavy atom. The third-order valence-electron chi connectivity index (χ3n) is 6.25. The van der Waals surface area contributed by atoms with Gasteiger partial charge in [-0.05, 0) is 60.9 Å². The molecule has 1 unspecified atom stereocenters. The molecule has 0 saturated carbocycles. The number of likely N-dealkylation sites (tertiary alicyclic amines) is 1. The molecule has 1 amide bonds. The zero-order valence-electron chi connectivity index (χ0n) is 18.8. The van der Waals surface area contributed by atoms with Crippen LogP contribution in [0.15, 0.2) is 81.2 Å². The Morgan fingerprint density at radius 3 is 2.76 bits per heavy atom. The van der Waals surface area contributed by atoms with Gasteiger partial charge in [0.2, 0.25) is 0 Å². The molecule has 170 valence electrons. The highest BCUT2D eigenvalue weighted by Crippen LogP contribution is 2.35. The van der Waals surface area contributed by atoms with Crippen molar-refractivity contribution in [2.24, 2.45) is 10.9 Å². The highest BCUT2D eigenvalue weighted by atomic mass is 32.2. The summed E-state index contributed by atoms with van der Waals surface area (Å²) in [6, 6.07) is 19.8. The van der Waals surface area contributed by atoms with E-state index in [1.165, 1.54) is 18.2 Å². The van der Waals surface area contributed by atoms with Gasteiger partial charge in [-0.15, -0.1) is 0 Å². The highest BCUT2D eigenvalue weighted by molar-refractivity contribution is 8.18. The minimum absolute atomic E-state index is 0.193. The number of hydrogen-bond acceptors (Lipinski definition) is 5. The number of aromatic nitrogens is 2. The Kier molecular flexibility index (Phi) is 5.34. The lowest BCUT2D eigenvalue weighted by molar-refractivity contribution is -0.113. The molecule has 2 aliphatic heterocycles. The lowest BCUT2D eigenvalue weighted by atomic mass is 10.0. The Balaban J connectivity index is 1.39. The molecule has 6 rings (SSSR count). The summed E-state index contributed by atoms with van der Waals surface area (Å²) in [5.74, 6) is 1.09. The number of hydrogen-bond donors (Lipinski definition) is 0. The van der Waals surface area contributed by atoms with Crippen molar-refractivity contribution in [3.63, 3.8) is 0 Å². The summed E-state index contributed by atoms with van der Waals surface area (Å²) in [5.41, 5.74) is 3.26. The SMILES string of the molecule is CC1CCCN(C2=NC(=O)/C(=C/c3cn(-c4ccccc4)nc3-c3cc4ccccc4o3)S2)C1. The number of piperidine rings is 1. The van der Waals surface area contributed by atoms with Crippen LogP contribution in [0.25, 0.3) is 34.2 Å². The molecule has 34 heavy (non-hydrogen) atoms. The molecule has 0 radical (unpaired) electrons. The molecule has 2 aromatic heterocycles. The smallest absolute Gasteiger partial charge is 0.286 e. The largest absolute Gasteiger partial charge is 0.454 e. The number of rotatable bonds is 3. The topological polar surface area (TPSA) is 63.6 Å². The van der Waals surface area contributed by atoms with Crippen LogP contribution in [0.4, 0.5) is 0 Å². The maximum Gasteiger partial charge on any atom is 0.286 e. The fourth-order valence-electron chi connectivity index (χ4n) is 4.53. The molecule has 2 aromatic carbocycles. The van der Waals surface area contributed by atoms with Gasteiger partial charge in [-0.1, -0.05) is 43.3 Å². The van der Waals surface area contributed by atoms with E-state index in [0.717, 1.165) is 46.9 Å². The summed E-state index contributed by atoms with van der Waals surface area (Å²) in [4.78, 5) is 20.0. The summed E-state index contributed by atoms with van der Waals surface area (Å²) in [6.45, 7) is 4.15. The maximum absolute atomic E-state index is 12.8. The van der Waals surface area contributed by atoms with Gasteiger partial charge in [-0.25, -0.2) is 4.68 Å². The van der Waals surface area contributed by atoms with Gasteiger partial charge in [0.15, 0.2) is 10.9 Å². The average molecular weight is 469 g/mol. The summed E-state index contributed by atoms with van der Waals surface area (Å²) in [6.07, 6.45) is 6.20. The van der Waals surface area contributed by atoms with Gasteiger partial charge >= 0.3 is 0 Å². The first kappa shape index (κ1) is 21.0. The Morgan fingerprint density at radius 1 is 1.12 bits per heavy atom. The minimum Gasteiger partial charge on any atom is -0.454 e. The standard InChI is InChI=1S/C27H24N4O2S/c1-18-8-7-13-30(16-18)27-28-26(32)24(34-27)15-20-17-31(21-10-3-2-4-11-21)29-25(20)23-14-19-9-5-6-12-22(19)33-23/h2-6,9-12,14-15,17-18H,7-8,13,16H2,1H3/b24-15-. The molecule has 0 bridgehead atoms. The molecule has 0 spiro atoms. The molecule has 7 heteroatoms. The van der Waals surface area contributed by atoms with Crippen LogP contribution in [0.3, 0.4) is 0 Å². The first-order valence-electron chi connectivity index (χ1n) is 11.6. The molecule has 1 atom stereocenters. The lowest BCUT2D eigenvalue weighted by Gasteiger charge is -2.31. The molecular weight excluding hydrogens is 444 g/mol. The van der Waals surface area contributed by atoms with Crippen molar-refractivity contribution in [1.29, 1.82) is 0 Å². The second-order valence-electron chi connectivity index (χ2n) is 8.87. The van der Waals surface area contributed by atoms with Gasteiger partial charge in [-0.3, -0.25) is 4.79 Å². The zero-order valence-corrected chi connectivity index (χ0v) is 19.7. The molecule has 4 heterocycles. The number of amides is 1. The van der Waals surface area contributed by atoms with E-state index in [-0.39, 0.29) is 5.91 Å². The van der Waals surface area contributed by atoms with Gasteiger partial charge in [0.25, 0.3) is 5.91 Å². The fourth-order valence-corrected chi connectivity index (χ4v) is 5.47. The molecular formula is C27H24N4O2S. The van der Waals surface area contributed by atoms with E-state index < -0.39 is 0 Å². The monoisotopic (exact) mass is 468 g/mol. The van der Waals surface area contributed by atoms with E-state index in [1.807, 2.05) is 77.6 Å². The zero-order chi connectivity index (χ0) is 23.1. The van der Waals surface area contributed by atoms with Crippen LogP contribution in [0.5, 0.6) is 0 Å². The predicted octanol–water partition coefficient (Wildman–Crippen LogP) is 5.99. The molecule has 6 nitrogen and oxygen atoms in total. The van der Waals surface area contributed by atoms with Gasteiger partial charge in [-0.2, -0.15) is 10.1 Å². The van der Waals surface area contributed by atoms with Gasteiger partial charge in [0, 0.05) is 30.2 Å². The van der Waals surface area contributed by atoms with Crippen molar-refractivity contribution in [2.75, 3.05) is 13.1 Å². The average Bonchev–Trinajstić information content (AvgIpc) is 3.57. The van der Waals surface area contributed by atoms with E-state index in [4.69, 9.17) is 9.52 Å². The van der Waals surface area contributed by atoms with Crippen molar-refractivity contribution in [1.82, 2.24) is 14.7 Å². The van der Waals surface area contributed by atoms with Crippen LogP contribution in [0.1, 0.15) is 25.3 Å². The fraction of sp³-hybridized carbons (Fsp3) is 0.222. The van der Waals surface area contributed by atoms with Crippen LogP contribution in [0, 0.1) is 5.92 Å². The number of fused-ring (bicyclic) bond motifs is 1. The number of furan rings is 1. The molecule has 1 fully saturated rings. The summed E-state index contributed by atoms with van der Waals surface area (Å²) in [7, 11) is 0. The van der Waals surface area contributed by atoms with Crippen molar-refractivity contribution >= 4 is 39.9 Å². The second-order valence-corrected chi connectivity index (χ2v) is 9.87. The van der Waals surface area contributed by atoms with Crippen molar-refractivity contribution < 1.29 is 9.21 Å². The summed E-state index contributed by atoms with van der Waals surface area (Å²) in [5, 5.41) is 6.67. The van der Waals surface area contributed by atoms with Crippen LogP contribution < -0.4 is 0 Å². The number of aliphatic imine (C=N–C) groups is 1. The first-order chi connectivity index (χ1) is 16.6. The van der Waals surface area contributed by atoms with Crippen molar-refractivity contribution in [3.05, 3.63) is 77.3 Å². The van der Waals surface area contributed by atoms with Crippen LogP contribution in [-0.2, 0) is 4.79 Å². The highest BCUT2D eigenvalue weighted by Gasteiger charge is 2.29. The van der Waals surface area contributed by atoms with Gasteiger partial charge in [0.1, 0.15) is 11.3 Å². The molecule has 0 N–H and O–H groups in total. The predicted molar refractivity (Wildman–Crippen MR) is 137 cm³/mol. The van der Waals surface area contributed by atoms with Crippen molar-refractivity contribution in [3.8, 4) is 17.1 Å². The van der Waals surface area contributed by atoms with Crippen molar-refractivity contribution in [2.45, 2.75) is 19.8 Å². The lowest BCUT2D eigenvalue weighted by Crippen LogP contribution is -2.37. The second kappa shape index (κ2) is 8.65. The Hall–Kier alpha value is -3.58. The van der Waals surface area contributed by atoms with Gasteiger partial charge in [0.05, 0.1) is 10.6 Å². The number of para-hydroxylation sites is 2. The minimum atomic E-state index is -0.193. The molecule has 0 aliphatic carbocycles. The summed E-state index contributed by atoms with van der Waals surface area (Å²) < 4.78 is 7.96. The quantitative estimate of drug-likeness (QED) is 0.346. The summed E-state index contributed by atoms with van der Waals surface area (Å²) >= 11 is 1.46. The Labute approximate surface area is 202 Å². The third-order valence-corrected chi connectivity index (χ3v) is 7.29. The van der Waals surface area contributed by atoms with E-state index in [9.17, 15) is 4.79 Å².